The molecule has 0 amide bonds. The first-order valence-electron chi connectivity index (χ1n) is 8.24. The fraction of sp³-hybridized carbons (Fsp3) is 0.350. The van der Waals surface area contributed by atoms with Crippen LogP contribution in [0.25, 0.3) is 0 Å². The first kappa shape index (κ1) is 16.8. The highest BCUT2D eigenvalue weighted by atomic mass is 16.5. The predicted molar refractivity (Wildman–Crippen MR) is 90.3 cm³/mol. The van der Waals surface area contributed by atoms with Crippen molar-refractivity contribution < 1.29 is 19.4 Å². The Morgan fingerprint density at radius 2 is 1.42 bits per heavy atom. The van der Waals surface area contributed by atoms with E-state index >= 15 is 0 Å². The van der Waals surface area contributed by atoms with E-state index in [0.29, 0.717) is 19.6 Å². The normalized spacial score (nSPS) is 24.0. The summed E-state index contributed by atoms with van der Waals surface area (Å²) in [5, 5.41) is 9.89. The van der Waals surface area contributed by atoms with Gasteiger partial charge < -0.3 is 14.6 Å². The third kappa shape index (κ3) is 4.51. The van der Waals surface area contributed by atoms with E-state index in [1.54, 1.807) is 0 Å². The van der Waals surface area contributed by atoms with Crippen molar-refractivity contribution in [3.8, 4) is 0 Å². The molecular weight excluding hydrogens is 304 g/mol. The molecule has 3 atom stereocenters. The van der Waals surface area contributed by atoms with Gasteiger partial charge in [-0.25, -0.2) is 0 Å². The van der Waals surface area contributed by atoms with E-state index in [-0.39, 0.29) is 12.2 Å². The summed E-state index contributed by atoms with van der Waals surface area (Å²) in [6, 6.07) is 19.5. The average Bonchev–Trinajstić information content (AvgIpc) is 2.61. The second-order valence-corrected chi connectivity index (χ2v) is 6.11. The number of rotatable bonds is 6. The van der Waals surface area contributed by atoms with Gasteiger partial charge >= 0.3 is 0 Å². The van der Waals surface area contributed by atoms with Crippen LogP contribution in [0.15, 0.2) is 60.7 Å². The van der Waals surface area contributed by atoms with Gasteiger partial charge in [0.15, 0.2) is 5.78 Å². The van der Waals surface area contributed by atoms with Crippen molar-refractivity contribution in [1.82, 2.24) is 0 Å². The Kier molecular flexibility index (Phi) is 5.75. The van der Waals surface area contributed by atoms with Crippen molar-refractivity contribution in [3.05, 3.63) is 71.8 Å². The van der Waals surface area contributed by atoms with Crippen LogP contribution in [0.2, 0.25) is 0 Å². The van der Waals surface area contributed by atoms with Crippen LogP contribution in [0.3, 0.4) is 0 Å². The van der Waals surface area contributed by atoms with E-state index in [2.05, 4.69) is 0 Å². The summed E-state index contributed by atoms with van der Waals surface area (Å²) in [7, 11) is 0. The molecule has 0 bridgehead atoms. The van der Waals surface area contributed by atoms with Crippen LogP contribution in [-0.2, 0) is 27.5 Å². The molecule has 4 nitrogen and oxygen atoms in total. The van der Waals surface area contributed by atoms with Crippen molar-refractivity contribution >= 4 is 5.78 Å². The second-order valence-electron chi connectivity index (χ2n) is 6.11. The summed E-state index contributed by atoms with van der Waals surface area (Å²) in [5.41, 5.74) is 2.05. The molecule has 2 aromatic rings. The third-order valence-electron chi connectivity index (χ3n) is 4.18. The van der Waals surface area contributed by atoms with Gasteiger partial charge in [-0.05, 0) is 11.1 Å². The molecule has 3 rings (SSSR count). The Labute approximate surface area is 142 Å². The van der Waals surface area contributed by atoms with E-state index in [1.807, 2.05) is 60.7 Å². The van der Waals surface area contributed by atoms with E-state index in [0.717, 1.165) is 11.1 Å². The minimum Gasteiger partial charge on any atom is -0.393 e. The molecule has 4 heteroatoms. The van der Waals surface area contributed by atoms with Gasteiger partial charge in [0.2, 0.25) is 0 Å². The standard InChI is InChI=1S/C20H22O4/c21-17-11-18(22)20(24-14-16-9-5-2-6-10-16)19(12-17)23-13-15-7-3-1-4-8-15/h1-10,17,19-21H,11-14H2/t17?,19-,20-/m1/s1. The number of aliphatic hydroxyl groups excluding tert-OH is 1. The lowest BCUT2D eigenvalue weighted by atomic mass is 9.91. The number of carbonyl (C=O) groups excluding carboxylic acids is 1. The topological polar surface area (TPSA) is 55.8 Å². The predicted octanol–water partition coefficient (Wildman–Crippen LogP) is 2.88. The van der Waals surface area contributed by atoms with Crippen LogP contribution >= 0.6 is 0 Å². The zero-order valence-corrected chi connectivity index (χ0v) is 13.5. The smallest absolute Gasteiger partial charge is 0.166 e. The summed E-state index contributed by atoms with van der Waals surface area (Å²) >= 11 is 0. The molecule has 1 aliphatic rings. The Balaban J connectivity index is 1.62. The molecule has 0 radical (unpaired) electrons. The van der Waals surface area contributed by atoms with Gasteiger partial charge in [0.25, 0.3) is 0 Å². The Morgan fingerprint density at radius 1 is 0.875 bits per heavy atom. The monoisotopic (exact) mass is 326 g/mol. The fourth-order valence-electron chi connectivity index (χ4n) is 2.92. The van der Waals surface area contributed by atoms with Crippen molar-refractivity contribution in [2.24, 2.45) is 0 Å². The molecule has 24 heavy (non-hydrogen) atoms. The lowest BCUT2D eigenvalue weighted by Gasteiger charge is -2.32. The summed E-state index contributed by atoms with van der Waals surface area (Å²) < 4.78 is 11.8. The van der Waals surface area contributed by atoms with Crippen molar-refractivity contribution in [2.75, 3.05) is 0 Å². The van der Waals surface area contributed by atoms with Gasteiger partial charge in [-0.1, -0.05) is 60.7 Å². The quantitative estimate of drug-likeness (QED) is 0.887. The number of hydrogen-bond acceptors (Lipinski definition) is 4. The highest BCUT2D eigenvalue weighted by Gasteiger charge is 2.37. The Morgan fingerprint density at radius 3 is 2.00 bits per heavy atom. The van der Waals surface area contributed by atoms with E-state index < -0.39 is 18.3 Å². The molecule has 1 unspecified atom stereocenters. The second kappa shape index (κ2) is 8.20. The van der Waals surface area contributed by atoms with Crippen LogP contribution in [0.1, 0.15) is 24.0 Å². The maximum Gasteiger partial charge on any atom is 0.166 e. The summed E-state index contributed by atoms with van der Waals surface area (Å²) in [5.74, 6) is -0.0947. The van der Waals surface area contributed by atoms with Gasteiger partial charge in [0.05, 0.1) is 25.4 Å². The van der Waals surface area contributed by atoms with Crippen LogP contribution in [0.4, 0.5) is 0 Å². The number of ketones is 1. The van der Waals surface area contributed by atoms with Gasteiger partial charge in [-0.2, -0.15) is 0 Å². The zero-order valence-electron chi connectivity index (χ0n) is 13.5. The Hall–Kier alpha value is -2.01. The molecule has 0 aromatic heterocycles. The molecule has 1 saturated carbocycles. The van der Waals surface area contributed by atoms with E-state index in [4.69, 9.17) is 9.47 Å². The number of carbonyl (C=O) groups is 1. The van der Waals surface area contributed by atoms with Crippen molar-refractivity contribution in [1.29, 1.82) is 0 Å². The van der Waals surface area contributed by atoms with Gasteiger partial charge in [0, 0.05) is 12.8 Å². The molecular formula is C20H22O4. The third-order valence-corrected chi connectivity index (χ3v) is 4.18. The number of benzene rings is 2. The molecule has 0 aliphatic heterocycles. The maximum atomic E-state index is 12.3. The van der Waals surface area contributed by atoms with Crippen molar-refractivity contribution in [3.63, 3.8) is 0 Å². The summed E-state index contributed by atoms with van der Waals surface area (Å²) in [6.45, 7) is 0.759. The van der Waals surface area contributed by atoms with Crippen LogP contribution in [-0.4, -0.2) is 29.2 Å². The van der Waals surface area contributed by atoms with E-state index in [1.165, 1.54) is 0 Å². The zero-order chi connectivity index (χ0) is 16.8. The van der Waals surface area contributed by atoms with Crippen molar-refractivity contribution in [2.45, 2.75) is 44.4 Å². The lowest BCUT2D eigenvalue weighted by Crippen LogP contribution is -2.46. The van der Waals surface area contributed by atoms with Crippen LogP contribution < -0.4 is 0 Å². The molecule has 0 heterocycles. The summed E-state index contributed by atoms with van der Waals surface area (Å²) in [4.78, 5) is 12.3. The first-order chi connectivity index (χ1) is 11.7. The number of aliphatic hydroxyl groups is 1. The largest absolute Gasteiger partial charge is 0.393 e. The molecule has 1 fully saturated rings. The molecule has 0 spiro atoms. The molecule has 0 saturated heterocycles. The molecule has 1 N–H and O–H groups in total. The molecule has 126 valence electrons. The highest BCUT2D eigenvalue weighted by molar-refractivity contribution is 5.85. The highest BCUT2D eigenvalue weighted by Crippen LogP contribution is 2.24. The lowest BCUT2D eigenvalue weighted by molar-refractivity contribution is -0.159. The van der Waals surface area contributed by atoms with Gasteiger partial charge in [0.1, 0.15) is 6.10 Å². The van der Waals surface area contributed by atoms with Gasteiger partial charge in [-0.15, -0.1) is 0 Å². The minimum atomic E-state index is -0.658. The van der Waals surface area contributed by atoms with Gasteiger partial charge in [-0.3, -0.25) is 4.79 Å². The van der Waals surface area contributed by atoms with Crippen LogP contribution in [0, 0.1) is 0 Å². The maximum absolute atomic E-state index is 12.3. The van der Waals surface area contributed by atoms with Crippen LogP contribution in [0.5, 0.6) is 0 Å². The van der Waals surface area contributed by atoms with E-state index in [9.17, 15) is 9.90 Å². The number of Topliss-reactive ketones (excluding diaryl/α,β-unsaturated/α-hetero) is 1. The number of hydrogen-bond donors (Lipinski definition) is 1. The first-order valence-corrected chi connectivity index (χ1v) is 8.24. The fourth-order valence-corrected chi connectivity index (χ4v) is 2.92. The number of ether oxygens (including phenoxy) is 2. The molecule has 2 aromatic carbocycles. The Bertz CT molecular complexity index is 641. The minimum absolute atomic E-state index is 0.0947. The summed E-state index contributed by atoms with van der Waals surface area (Å²) in [6.07, 6.45) is -1.17. The molecule has 1 aliphatic carbocycles. The SMILES string of the molecule is O=C1CC(O)C[C@@H](OCc2ccccc2)[C@@H]1OCc1ccccc1. The average molecular weight is 326 g/mol.